The molecule has 0 radical (unpaired) electrons. The summed E-state index contributed by atoms with van der Waals surface area (Å²) in [5.74, 6) is -2.83. The SMILES string of the molecule is C=C(C)C(=O)O.O=C(O)CCCC(=O)O.OCC(O)CO. The molecule has 0 atom stereocenters. The topological polar surface area (TPSA) is 173 Å². The fourth-order valence-corrected chi connectivity index (χ4v) is 0.449. The van der Waals surface area contributed by atoms with E-state index in [1.165, 1.54) is 6.92 Å². The molecule has 0 rings (SSSR count). The number of carboxylic acid groups (broad SMARTS) is 3. The quantitative estimate of drug-likeness (QED) is 0.332. The summed E-state index contributed by atoms with van der Waals surface area (Å²) in [5, 5.41) is 48.0. The molecule has 0 aliphatic rings. The lowest BCUT2D eigenvalue weighted by Gasteiger charge is -1.96. The first-order valence-corrected chi connectivity index (χ1v) is 5.80. The Kier molecular flexibility index (Phi) is 18.4. The van der Waals surface area contributed by atoms with E-state index < -0.39 is 24.0 Å². The van der Waals surface area contributed by atoms with E-state index in [0.717, 1.165) is 0 Å². The van der Waals surface area contributed by atoms with Gasteiger partial charge in [-0.15, -0.1) is 0 Å². The van der Waals surface area contributed by atoms with Gasteiger partial charge in [0.05, 0.1) is 13.2 Å². The minimum atomic E-state index is -0.954. The highest BCUT2D eigenvalue weighted by atomic mass is 16.4. The molecule has 0 aromatic heterocycles. The maximum atomic E-state index is 9.79. The van der Waals surface area contributed by atoms with Crippen molar-refractivity contribution < 1.29 is 45.0 Å². The fraction of sp³-hybridized carbons (Fsp3) is 0.583. The molecular weight excluding hydrogens is 288 g/mol. The molecule has 0 aromatic rings. The predicted molar refractivity (Wildman–Crippen MR) is 71.8 cm³/mol. The maximum Gasteiger partial charge on any atom is 0.330 e. The lowest BCUT2D eigenvalue weighted by Crippen LogP contribution is -2.15. The van der Waals surface area contributed by atoms with Gasteiger partial charge in [-0.2, -0.15) is 0 Å². The summed E-state index contributed by atoms with van der Waals surface area (Å²) in [6, 6.07) is 0. The average Bonchev–Trinajstić information content (AvgIpc) is 2.38. The van der Waals surface area contributed by atoms with Gasteiger partial charge in [-0.25, -0.2) is 4.79 Å². The standard InChI is InChI=1S/C5H8O4.C4H6O2.C3H8O3/c6-4(7)2-1-3-5(8)9;1-3(2)4(5)6;4-1-3(6)2-5/h1-3H2,(H,6,7)(H,8,9);1H2,2H3,(H,5,6);3-6H,1-2H2. The molecule has 0 saturated carbocycles. The van der Waals surface area contributed by atoms with Gasteiger partial charge in [0.2, 0.25) is 0 Å². The molecule has 0 saturated heterocycles. The van der Waals surface area contributed by atoms with Crippen molar-refractivity contribution in [1.82, 2.24) is 0 Å². The smallest absolute Gasteiger partial charge is 0.330 e. The molecule has 9 heteroatoms. The molecule has 0 heterocycles. The monoisotopic (exact) mass is 310 g/mol. The van der Waals surface area contributed by atoms with Crippen LogP contribution < -0.4 is 0 Å². The van der Waals surface area contributed by atoms with E-state index in [1.54, 1.807) is 0 Å². The van der Waals surface area contributed by atoms with E-state index in [1.807, 2.05) is 0 Å². The number of aliphatic carboxylic acids is 3. The van der Waals surface area contributed by atoms with Gasteiger partial charge in [-0.3, -0.25) is 9.59 Å². The highest BCUT2D eigenvalue weighted by Gasteiger charge is 1.99. The Labute approximate surface area is 121 Å². The first-order valence-electron chi connectivity index (χ1n) is 5.80. The van der Waals surface area contributed by atoms with Crippen LogP contribution in [0.4, 0.5) is 0 Å². The van der Waals surface area contributed by atoms with Crippen LogP contribution in [0.5, 0.6) is 0 Å². The lowest BCUT2D eigenvalue weighted by molar-refractivity contribution is -0.138. The normalized spacial score (nSPS) is 8.81. The molecule has 0 aromatic carbocycles. The van der Waals surface area contributed by atoms with Crippen LogP contribution in [-0.2, 0) is 14.4 Å². The number of aliphatic hydroxyl groups is 3. The van der Waals surface area contributed by atoms with E-state index in [2.05, 4.69) is 6.58 Å². The molecular formula is C12H22O9. The van der Waals surface area contributed by atoms with Crippen molar-refractivity contribution in [2.45, 2.75) is 32.3 Å². The zero-order valence-corrected chi connectivity index (χ0v) is 11.7. The lowest BCUT2D eigenvalue weighted by atomic mass is 10.2. The molecule has 0 aliphatic heterocycles. The summed E-state index contributed by atoms with van der Waals surface area (Å²) < 4.78 is 0. The van der Waals surface area contributed by atoms with Crippen molar-refractivity contribution in [1.29, 1.82) is 0 Å². The molecule has 0 bridgehead atoms. The van der Waals surface area contributed by atoms with E-state index in [4.69, 9.17) is 30.6 Å². The first kappa shape index (κ1) is 24.1. The van der Waals surface area contributed by atoms with Crippen LogP contribution in [0.15, 0.2) is 12.2 Å². The van der Waals surface area contributed by atoms with Crippen LogP contribution in [0.2, 0.25) is 0 Å². The van der Waals surface area contributed by atoms with Crippen molar-refractivity contribution in [2.24, 2.45) is 0 Å². The molecule has 0 unspecified atom stereocenters. The molecule has 0 spiro atoms. The van der Waals surface area contributed by atoms with Gasteiger partial charge in [-0.1, -0.05) is 6.58 Å². The van der Waals surface area contributed by atoms with Crippen LogP contribution in [0.25, 0.3) is 0 Å². The Balaban J connectivity index is -0.000000240. The molecule has 21 heavy (non-hydrogen) atoms. The number of hydrogen-bond acceptors (Lipinski definition) is 6. The summed E-state index contributed by atoms with van der Waals surface area (Å²) >= 11 is 0. The zero-order valence-electron chi connectivity index (χ0n) is 11.7. The second kappa shape index (κ2) is 16.1. The molecule has 0 aliphatic carbocycles. The number of hydrogen-bond donors (Lipinski definition) is 6. The molecule has 6 N–H and O–H groups in total. The van der Waals surface area contributed by atoms with Gasteiger partial charge in [0.1, 0.15) is 6.10 Å². The van der Waals surface area contributed by atoms with Crippen LogP contribution in [0.3, 0.4) is 0 Å². The predicted octanol–water partition coefficient (Wildman–Crippen LogP) is -0.695. The van der Waals surface area contributed by atoms with Crippen LogP contribution in [-0.4, -0.2) is 67.9 Å². The first-order chi connectivity index (χ1) is 9.58. The van der Waals surface area contributed by atoms with E-state index in [0.29, 0.717) is 0 Å². The van der Waals surface area contributed by atoms with Crippen LogP contribution in [0, 0.1) is 0 Å². The van der Waals surface area contributed by atoms with E-state index in [9.17, 15) is 14.4 Å². The maximum absolute atomic E-state index is 9.79. The number of carbonyl (C=O) groups is 3. The summed E-state index contributed by atoms with van der Waals surface area (Å²) in [6.45, 7) is 3.87. The minimum Gasteiger partial charge on any atom is -0.481 e. The van der Waals surface area contributed by atoms with E-state index >= 15 is 0 Å². The summed E-state index contributed by atoms with van der Waals surface area (Å²) in [4.78, 5) is 29.2. The van der Waals surface area contributed by atoms with Gasteiger partial charge in [0.15, 0.2) is 0 Å². The van der Waals surface area contributed by atoms with Crippen molar-refractivity contribution in [2.75, 3.05) is 13.2 Å². The van der Waals surface area contributed by atoms with Crippen molar-refractivity contribution in [3.05, 3.63) is 12.2 Å². The van der Waals surface area contributed by atoms with E-state index in [-0.39, 0.29) is 38.0 Å². The third kappa shape index (κ3) is 32.0. The van der Waals surface area contributed by atoms with Crippen molar-refractivity contribution in [3.8, 4) is 0 Å². The van der Waals surface area contributed by atoms with Gasteiger partial charge in [0, 0.05) is 18.4 Å². The highest BCUT2D eigenvalue weighted by Crippen LogP contribution is 1.93. The second-order valence-corrected chi connectivity index (χ2v) is 3.75. The Morgan fingerprint density at radius 2 is 1.24 bits per heavy atom. The third-order valence-electron chi connectivity index (χ3n) is 1.57. The molecule has 124 valence electrons. The Bertz CT molecular complexity index is 295. The van der Waals surface area contributed by atoms with Crippen LogP contribution >= 0.6 is 0 Å². The molecule has 0 fully saturated rings. The molecule has 0 amide bonds. The second-order valence-electron chi connectivity index (χ2n) is 3.75. The fourth-order valence-electron chi connectivity index (χ4n) is 0.449. The third-order valence-corrected chi connectivity index (χ3v) is 1.57. The number of aliphatic hydroxyl groups excluding tert-OH is 3. The largest absolute Gasteiger partial charge is 0.481 e. The summed E-state index contributed by atoms with van der Waals surface area (Å²) in [6.07, 6.45) is -0.867. The van der Waals surface area contributed by atoms with Gasteiger partial charge in [0.25, 0.3) is 0 Å². The minimum absolute atomic E-state index is 0.0632. The van der Waals surface area contributed by atoms with Gasteiger partial charge < -0.3 is 30.6 Å². The Morgan fingerprint density at radius 1 is 0.952 bits per heavy atom. The van der Waals surface area contributed by atoms with Gasteiger partial charge >= 0.3 is 17.9 Å². The summed E-state index contributed by atoms with van der Waals surface area (Å²) in [7, 11) is 0. The van der Waals surface area contributed by atoms with Crippen molar-refractivity contribution in [3.63, 3.8) is 0 Å². The van der Waals surface area contributed by atoms with Gasteiger partial charge in [-0.05, 0) is 13.3 Å². The van der Waals surface area contributed by atoms with Crippen LogP contribution in [0.1, 0.15) is 26.2 Å². The Hall–Kier alpha value is -1.97. The Morgan fingerprint density at radius 3 is 1.33 bits per heavy atom. The molecule has 9 nitrogen and oxygen atoms in total. The highest BCUT2D eigenvalue weighted by molar-refractivity contribution is 5.84. The zero-order chi connectivity index (χ0) is 17.4. The van der Waals surface area contributed by atoms with Crippen molar-refractivity contribution >= 4 is 17.9 Å². The number of rotatable bonds is 7. The summed E-state index contributed by atoms with van der Waals surface area (Å²) in [5.41, 5.74) is 0.176. The number of carboxylic acids is 3. The average molecular weight is 310 g/mol.